The average molecular weight is 405 g/mol. The van der Waals surface area contributed by atoms with Gasteiger partial charge in [0.25, 0.3) is 11.8 Å². The van der Waals surface area contributed by atoms with Gasteiger partial charge in [0.2, 0.25) is 0 Å². The van der Waals surface area contributed by atoms with Crippen LogP contribution in [0.2, 0.25) is 0 Å². The van der Waals surface area contributed by atoms with Crippen LogP contribution in [0.25, 0.3) is 0 Å². The first-order valence-corrected chi connectivity index (χ1v) is 9.98. The van der Waals surface area contributed by atoms with Gasteiger partial charge in [-0.05, 0) is 51.3 Å². The van der Waals surface area contributed by atoms with Crippen molar-refractivity contribution in [3.8, 4) is 0 Å². The normalized spacial score (nSPS) is 22.7. The van der Waals surface area contributed by atoms with Crippen LogP contribution in [0.3, 0.4) is 0 Å². The smallest absolute Gasteiger partial charge is 0.328 e. The summed E-state index contributed by atoms with van der Waals surface area (Å²) in [6.45, 7) is 11.2. The van der Waals surface area contributed by atoms with E-state index in [2.05, 4.69) is 5.32 Å². The second-order valence-corrected chi connectivity index (χ2v) is 8.48. The Morgan fingerprint density at radius 2 is 1.86 bits per heavy atom. The number of amides is 2. The molecular weight excluding hydrogens is 372 g/mol. The first-order chi connectivity index (χ1) is 13.4. The summed E-state index contributed by atoms with van der Waals surface area (Å²) in [5.41, 5.74) is -1.92. The minimum absolute atomic E-state index is 0.0550. The number of nitrogens with zero attached hydrogens (tertiary/aromatic N) is 1. The van der Waals surface area contributed by atoms with Crippen molar-refractivity contribution in [3.63, 3.8) is 0 Å². The summed E-state index contributed by atoms with van der Waals surface area (Å²) in [7, 11) is 1.28. The van der Waals surface area contributed by atoms with Crippen LogP contribution in [0.4, 0.5) is 0 Å². The van der Waals surface area contributed by atoms with Gasteiger partial charge in [-0.1, -0.05) is 32.4 Å². The molecule has 1 saturated heterocycles. The van der Waals surface area contributed by atoms with Crippen molar-refractivity contribution in [3.05, 3.63) is 35.4 Å². The van der Waals surface area contributed by atoms with Crippen LogP contribution in [0.5, 0.6) is 0 Å². The molecule has 0 saturated carbocycles. The maximum atomic E-state index is 12.8. The number of nitrogens with one attached hydrogen (secondary N) is 1. The molecule has 1 heterocycles. The number of benzene rings is 1. The Labute approximate surface area is 172 Å². The third-order valence-electron chi connectivity index (χ3n) is 6.03. The molecule has 1 aromatic rings. The van der Waals surface area contributed by atoms with Gasteiger partial charge in [-0.25, -0.2) is 4.79 Å². The maximum absolute atomic E-state index is 12.8. The fourth-order valence-corrected chi connectivity index (χ4v) is 4.07. The number of hydrogen-bond acceptors (Lipinski definition) is 5. The zero-order valence-corrected chi connectivity index (χ0v) is 18.3. The molecule has 2 amide bonds. The van der Waals surface area contributed by atoms with Gasteiger partial charge in [0.15, 0.2) is 5.60 Å². The molecule has 2 rings (SSSR count). The van der Waals surface area contributed by atoms with Crippen molar-refractivity contribution in [2.24, 2.45) is 5.92 Å². The van der Waals surface area contributed by atoms with Crippen LogP contribution >= 0.6 is 0 Å². The van der Waals surface area contributed by atoms with E-state index in [-0.39, 0.29) is 23.4 Å². The number of hydrogen-bond donors (Lipinski definition) is 2. The van der Waals surface area contributed by atoms with E-state index in [4.69, 9.17) is 4.74 Å². The molecule has 7 heteroatoms. The summed E-state index contributed by atoms with van der Waals surface area (Å²) >= 11 is 0. The molecule has 0 spiro atoms. The second kappa shape index (κ2) is 8.14. The van der Waals surface area contributed by atoms with Gasteiger partial charge in [0.05, 0.1) is 12.6 Å². The predicted octanol–water partition coefficient (Wildman–Crippen LogP) is 2.22. The number of aliphatic hydroxyl groups is 1. The van der Waals surface area contributed by atoms with Gasteiger partial charge in [0.1, 0.15) is 6.04 Å². The Kier molecular flexibility index (Phi) is 6.42. The molecule has 1 aromatic carbocycles. The summed E-state index contributed by atoms with van der Waals surface area (Å²) in [5, 5.41) is 14.0. The van der Waals surface area contributed by atoms with Gasteiger partial charge in [-0.2, -0.15) is 0 Å². The molecule has 7 nitrogen and oxygen atoms in total. The third kappa shape index (κ3) is 3.64. The van der Waals surface area contributed by atoms with E-state index in [1.54, 1.807) is 36.9 Å². The summed E-state index contributed by atoms with van der Waals surface area (Å²) in [6, 6.07) is 5.53. The van der Waals surface area contributed by atoms with Gasteiger partial charge in [0, 0.05) is 11.6 Å². The average Bonchev–Trinajstić information content (AvgIpc) is 2.69. The number of carbonyl (C=O) groups is 3. The van der Waals surface area contributed by atoms with Gasteiger partial charge in [-0.3, -0.25) is 9.59 Å². The van der Waals surface area contributed by atoms with Crippen LogP contribution < -0.4 is 5.32 Å². The fourth-order valence-electron chi connectivity index (χ4n) is 4.07. The number of rotatable bonds is 7. The first kappa shape index (κ1) is 22.9. The molecule has 1 unspecified atom stereocenters. The van der Waals surface area contributed by atoms with E-state index in [1.807, 2.05) is 27.7 Å². The van der Waals surface area contributed by atoms with Crippen LogP contribution in [-0.2, 0) is 19.9 Å². The van der Waals surface area contributed by atoms with Gasteiger partial charge >= 0.3 is 5.97 Å². The molecule has 0 bridgehead atoms. The minimum Gasteiger partial charge on any atom is -0.467 e. The van der Waals surface area contributed by atoms with Crippen LogP contribution in [-0.4, -0.2) is 52.5 Å². The molecule has 1 fully saturated rings. The topological polar surface area (TPSA) is 95.9 Å². The quantitative estimate of drug-likeness (QED) is 0.537. The van der Waals surface area contributed by atoms with Crippen molar-refractivity contribution >= 4 is 17.8 Å². The number of esters is 1. The van der Waals surface area contributed by atoms with Crippen LogP contribution in [0.15, 0.2) is 24.3 Å². The molecule has 2 N–H and O–H groups in total. The van der Waals surface area contributed by atoms with Gasteiger partial charge < -0.3 is 20.1 Å². The minimum atomic E-state index is -1.72. The summed E-state index contributed by atoms with van der Waals surface area (Å²) in [4.78, 5) is 39.3. The lowest BCUT2D eigenvalue weighted by Crippen LogP contribution is -2.79. The zero-order valence-electron chi connectivity index (χ0n) is 18.3. The van der Waals surface area contributed by atoms with E-state index < -0.39 is 29.1 Å². The van der Waals surface area contributed by atoms with Crippen LogP contribution in [0, 0.1) is 5.92 Å². The lowest BCUT2D eigenvalue weighted by molar-refractivity contribution is -0.221. The Balaban J connectivity index is 2.33. The Hall–Kier alpha value is -2.41. The maximum Gasteiger partial charge on any atom is 0.328 e. The predicted molar refractivity (Wildman–Crippen MR) is 109 cm³/mol. The highest BCUT2D eigenvalue weighted by atomic mass is 16.5. The van der Waals surface area contributed by atoms with Crippen molar-refractivity contribution in [1.82, 2.24) is 10.2 Å². The highest BCUT2D eigenvalue weighted by molar-refractivity contribution is 5.99. The van der Waals surface area contributed by atoms with Crippen molar-refractivity contribution in [2.45, 2.75) is 71.2 Å². The third-order valence-corrected chi connectivity index (χ3v) is 6.03. The SMILES string of the molecule is CC[C@H](C)[C@H](NC(=O)c1cccc(C2(O)C(=O)N(C(C)C)C2(C)C)c1)C(=O)OC. The number of ether oxygens (including phenoxy) is 1. The first-order valence-electron chi connectivity index (χ1n) is 9.98. The molecule has 3 atom stereocenters. The van der Waals surface area contributed by atoms with Gasteiger partial charge in [-0.15, -0.1) is 0 Å². The Bertz CT molecular complexity index is 804. The second-order valence-electron chi connectivity index (χ2n) is 8.48. The lowest BCUT2D eigenvalue weighted by Gasteiger charge is -2.61. The molecule has 1 aliphatic rings. The fraction of sp³-hybridized carbons (Fsp3) is 0.591. The lowest BCUT2D eigenvalue weighted by atomic mass is 9.66. The van der Waals surface area contributed by atoms with Crippen molar-refractivity contribution in [1.29, 1.82) is 0 Å². The molecule has 0 radical (unpaired) electrons. The molecule has 29 heavy (non-hydrogen) atoms. The standard InChI is InChI=1S/C22H32N2O5/c1-8-14(4)17(19(26)29-7)23-18(25)15-10-9-11-16(12-15)22(28)20(27)24(13(2)3)21(22,5)6/h9-14,17,28H,8H2,1-7H3,(H,23,25)/t14-,17-,22?/m0/s1. The number of methoxy groups -OCH3 is 1. The Morgan fingerprint density at radius 1 is 1.24 bits per heavy atom. The Morgan fingerprint density at radius 3 is 2.34 bits per heavy atom. The highest BCUT2D eigenvalue weighted by Crippen LogP contribution is 2.49. The van der Waals surface area contributed by atoms with Crippen molar-refractivity contribution < 1.29 is 24.2 Å². The van der Waals surface area contributed by atoms with E-state index >= 15 is 0 Å². The number of likely N-dealkylation sites (tertiary alicyclic amines) is 1. The summed E-state index contributed by atoms with van der Waals surface area (Å²) in [6.07, 6.45) is 0.688. The molecular formula is C22H32N2O5. The number of β-lactam (4-membered cyclic amide) rings is 1. The summed E-state index contributed by atoms with van der Waals surface area (Å²) in [5.74, 6) is -1.46. The molecule has 160 valence electrons. The zero-order chi connectivity index (χ0) is 22.1. The number of carbonyl (C=O) groups excluding carboxylic acids is 3. The van der Waals surface area contributed by atoms with E-state index in [9.17, 15) is 19.5 Å². The van der Waals surface area contributed by atoms with E-state index in [0.29, 0.717) is 12.0 Å². The largest absolute Gasteiger partial charge is 0.467 e. The van der Waals surface area contributed by atoms with Crippen LogP contribution in [0.1, 0.15) is 63.9 Å². The van der Waals surface area contributed by atoms with E-state index in [1.165, 1.54) is 13.2 Å². The molecule has 0 aromatic heterocycles. The monoisotopic (exact) mass is 404 g/mol. The van der Waals surface area contributed by atoms with E-state index in [0.717, 1.165) is 0 Å². The summed E-state index contributed by atoms with van der Waals surface area (Å²) < 4.78 is 4.81. The molecule has 0 aliphatic carbocycles. The molecule has 1 aliphatic heterocycles. The van der Waals surface area contributed by atoms with Crippen molar-refractivity contribution in [2.75, 3.05) is 7.11 Å². The highest BCUT2D eigenvalue weighted by Gasteiger charge is 2.67.